The van der Waals surface area contributed by atoms with Crippen molar-refractivity contribution in [3.8, 4) is 6.07 Å². The topological polar surface area (TPSA) is 35.8 Å². The zero-order valence-electron chi connectivity index (χ0n) is 9.67. The molecule has 2 aromatic carbocycles. The van der Waals surface area contributed by atoms with Crippen molar-refractivity contribution in [3.63, 3.8) is 0 Å². The summed E-state index contributed by atoms with van der Waals surface area (Å²) in [6, 6.07) is 13.3. The first kappa shape index (κ1) is 12.9. The van der Waals surface area contributed by atoms with Gasteiger partial charge in [-0.1, -0.05) is 27.5 Å². The zero-order valence-corrected chi connectivity index (χ0v) is 12.0. The number of rotatable bonds is 2. The van der Waals surface area contributed by atoms with E-state index in [9.17, 15) is 0 Å². The molecule has 0 unspecified atom stereocenters. The van der Waals surface area contributed by atoms with Gasteiger partial charge in [-0.05, 0) is 48.9 Å². The van der Waals surface area contributed by atoms with Crippen LogP contribution in [0.3, 0.4) is 0 Å². The summed E-state index contributed by atoms with van der Waals surface area (Å²) in [6.07, 6.45) is 0. The minimum atomic E-state index is 0.456. The molecule has 1 N–H and O–H groups in total. The Morgan fingerprint density at radius 2 is 2.00 bits per heavy atom. The number of nitrogens with one attached hydrogen (secondary N) is 1. The van der Waals surface area contributed by atoms with Crippen LogP contribution < -0.4 is 5.32 Å². The van der Waals surface area contributed by atoms with Crippen LogP contribution in [0.15, 0.2) is 40.9 Å². The van der Waals surface area contributed by atoms with Crippen LogP contribution in [0.25, 0.3) is 0 Å². The number of hydrogen-bond acceptors (Lipinski definition) is 2. The Kier molecular flexibility index (Phi) is 3.90. The van der Waals surface area contributed by atoms with Gasteiger partial charge in [0.15, 0.2) is 0 Å². The molecule has 0 aliphatic heterocycles. The predicted octanol–water partition coefficient (Wildman–Crippen LogP) is 5.03. The van der Waals surface area contributed by atoms with Gasteiger partial charge in [0.05, 0.1) is 10.6 Å². The lowest BCUT2D eigenvalue weighted by molar-refractivity contribution is 1.41. The van der Waals surface area contributed by atoms with Gasteiger partial charge in [-0.15, -0.1) is 0 Å². The molecule has 0 fully saturated rings. The number of nitriles is 1. The number of halogens is 2. The van der Waals surface area contributed by atoms with E-state index in [0.717, 1.165) is 21.4 Å². The predicted molar refractivity (Wildman–Crippen MR) is 78.3 cm³/mol. The van der Waals surface area contributed by atoms with E-state index in [1.54, 1.807) is 12.1 Å². The van der Waals surface area contributed by atoms with Gasteiger partial charge in [0.25, 0.3) is 0 Å². The number of nitrogens with zero attached hydrogens (tertiary/aromatic N) is 1. The molecular weight excluding hydrogens is 312 g/mol. The average Bonchev–Trinajstić information content (AvgIpc) is 2.33. The van der Waals surface area contributed by atoms with Gasteiger partial charge in [-0.2, -0.15) is 5.26 Å². The molecule has 0 heterocycles. The maximum absolute atomic E-state index is 8.81. The fraction of sp³-hybridized carbons (Fsp3) is 0.0714. The average molecular weight is 322 g/mol. The van der Waals surface area contributed by atoms with Crippen LogP contribution in [0.1, 0.15) is 11.1 Å². The normalized spacial score (nSPS) is 9.89. The molecule has 0 aliphatic carbocycles. The Bertz CT molecular complexity index is 632. The van der Waals surface area contributed by atoms with Crippen LogP contribution in [0.2, 0.25) is 5.02 Å². The monoisotopic (exact) mass is 320 g/mol. The van der Waals surface area contributed by atoms with E-state index in [4.69, 9.17) is 16.9 Å². The van der Waals surface area contributed by atoms with Gasteiger partial charge in [0.1, 0.15) is 6.07 Å². The van der Waals surface area contributed by atoms with Crippen molar-refractivity contribution in [1.29, 1.82) is 5.26 Å². The number of anilines is 2. The maximum Gasteiger partial charge on any atom is 0.101 e. The first-order chi connectivity index (χ1) is 8.60. The van der Waals surface area contributed by atoms with Crippen molar-refractivity contribution >= 4 is 38.9 Å². The second-order valence-electron chi connectivity index (χ2n) is 3.89. The summed E-state index contributed by atoms with van der Waals surface area (Å²) in [6.45, 7) is 2.03. The molecule has 0 saturated carbocycles. The van der Waals surface area contributed by atoms with E-state index >= 15 is 0 Å². The van der Waals surface area contributed by atoms with Crippen LogP contribution in [0.4, 0.5) is 11.4 Å². The van der Waals surface area contributed by atoms with Gasteiger partial charge >= 0.3 is 0 Å². The van der Waals surface area contributed by atoms with Crippen molar-refractivity contribution < 1.29 is 0 Å². The molecular formula is C14H10BrClN2. The Balaban J connectivity index is 2.29. The third-order valence-electron chi connectivity index (χ3n) is 2.56. The number of benzene rings is 2. The highest BCUT2D eigenvalue weighted by molar-refractivity contribution is 9.10. The fourth-order valence-corrected chi connectivity index (χ4v) is 2.30. The minimum absolute atomic E-state index is 0.456. The molecule has 90 valence electrons. The molecule has 4 heteroatoms. The van der Waals surface area contributed by atoms with Gasteiger partial charge in [-0.3, -0.25) is 0 Å². The molecule has 0 spiro atoms. The molecule has 2 aromatic rings. The smallest absolute Gasteiger partial charge is 0.101 e. The third-order valence-corrected chi connectivity index (χ3v) is 3.36. The van der Waals surface area contributed by atoms with E-state index in [1.165, 1.54) is 0 Å². The summed E-state index contributed by atoms with van der Waals surface area (Å²) in [5.41, 5.74) is 3.49. The van der Waals surface area contributed by atoms with Crippen molar-refractivity contribution in [2.24, 2.45) is 0 Å². The zero-order chi connectivity index (χ0) is 13.1. The first-order valence-electron chi connectivity index (χ1n) is 5.33. The van der Waals surface area contributed by atoms with Crippen LogP contribution in [-0.2, 0) is 0 Å². The minimum Gasteiger partial charge on any atom is -0.355 e. The van der Waals surface area contributed by atoms with Gasteiger partial charge in [-0.25, -0.2) is 0 Å². The number of hydrogen-bond donors (Lipinski definition) is 1. The number of aryl methyl sites for hydroxylation is 1. The standard InChI is InChI=1S/C14H10BrClN2/c1-9-6-11(15)3-5-14(9)18-12-4-2-10(8-17)13(16)7-12/h2-7,18H,1H3. The van der Waals surface area contributed by atoms with Gasteiger partial charge < -0.3 is 5.32 Å². The van der Waals surface area contributed by atoms with E-state index < -0.39 is 0 Å². The Labute approximate surface area is 119 Å². The molecule has 0 aliphatic rings. The van der Waals surface area contributed by atoms with Crippen molar-refractivity contribution in [1.82, 2.24) is 0 Å². The van der Waals surface area contributed by atoms with E-state index in [2.05, 4.69) is 21.2 Å². The van der Waals surface area contributed by atoms with Gasteiger partial charge in [0.2, 0.25) is 0 Å². The molecule has 0 bridgehead atoms. The highest BCUT2D eigenvalue weighted by Crippen LogP contribution is 2.26. The second-order valence-corrected chi connectivity index (χ2v) is 5.21. The van der Waals surface area contributed by atoms with E-state index in [0.29, 0.717) is 10.6 Å². The SMILES string of the molecule is Cc1cc(Br)ccc1Nc1ccc(C#N)c(Cl)c1. The van der Waals surface area contributed by atoms with Crippen LogP contribution in [-0.4, -0.2) is 0 Å². The fourth-order valence-electron chi connectivity index (χ4n) is 1.61. The largest absolute Gasteiger partial charge is 0.355 e. The van der Waals surface area contributed by atoms with Crippen molar-refractivity contribution in [2.75, 3.05) is 5.32 Å². The molecule has 2 nitrogen and oxygen atoms in total. The highest BCUT2D eigenvalue weighted by atomic mass is 79.9. The van der Waals surface area contributed by atoms with E-state index in [1.807, 2.05) is 37.3 Å². The molecule has 0 aromatic heterocycles. The molecule has 2 rings (SSSR count). The Morgan fingerprint density at radius 3 is 2.61 bits per heavy atom. The summed E-state index contributed by atoms with van der Waals surface area (Å²) in [5, 5.41) is 12.5. The first-order valence-corrected chi connectivity index (χ1v) is 6.50. The van der Waals surface area contributed by atoms with Crippen LogP contribution >= 0.6 is 27.5 Å². The molecule has 18 heavy (non-hydrogen) atoms. The highest BCUT2D eigenvalue weighted by Gasteiger charge is 2.03. The summed E-state index contributed by atoms with van der Waals surface area (Å²) in [5.74, 6) is 0. The molecule has 0 saturated heterocycles. The lowest BCUT2D eigenvalue weighted by atomic mass is 10.1. The molecule has 0 radical (unpaired) electrons. The quantitative estimate of drug-likeness (QED) is 0.842. The Morgan fingerprint density at radius 1 is 1.22 bits per heavy atom. The second kappa shape index (κ2) is 5.43. The van der Waals surface area contributed by atoms with E-state index in [-0.39, 0.29) is 0 Å². The van der Waals surface area contributed by atoms with Gasteiger partial charge in [0, 0.05) is 15.8 Å². The lowest BCUT2D eigenvalue weighted by Crippen LogP contribution is -1.93. The summed E-state index contributed by atoms with van der Waals surface area (Å²) in [7, 11) is 0. The molecule has 0 amide bonds. The van der Waals surface area contributed by atoms with Crippen LogP contribution in [0, 0.1) is 18.3 Å². The summed E-state index contributed by atoms with van der Waals surface area (Å²) in [4.78, 5) is 0. The third kappa shape index (κ3) is 2.84. The van der Waals surface area contributed by atoms with Crippen molar-refractivity contribution in [3.05, 3.63) is 57.0 Å². The van der Waals surface area contributed by atoms with Crippen molar-refractivity contribution in [2.45, 2.75) is 6.92 Å². The molecule has 0 atom stereocenters. The lowest BCUT2D eigenvalue weighted by Gasteiger charge is -2.10. The Hall–Kier alpha value is -1.50. The summed E-state index contributed by atoms with van der Waals surface area (Å²) < 4.78 is 1.04. The summed E-state index contributed by atoms with van der Waals surface area (Å²) >= 11 is 9.42. The maximum atomic E-state index is 8.81. The van der Waals surface area contributed by atoms with Crippen LogP contribution in [0.5, 0.6) is 0 Å².